The van der Waals surface area contributed by atoms with Crippen LogP contribution in [-0.4, -0.2) is 43.1 Å². The van der Waals surface area contributed by atoms with Crippen LogP contribution >= 0.6 is 45.7 Å². The van der Waals surface area contributed by atoms with E-state index in [1.165, 1.54) is 23.1 Å². The van der Waals surface area contributed by atoms with Crippen LogP contribution in [0.15, 0.2) is 28.6 Å². The maximum Gasteiger partial charge on any atom is 0.246 e. The van der Waals surface area contributed by atoms with Gasteiger partial charge >= 0.3 is 0 Å². The highest BCUT2D eigenvalue weighted by atomic mass is 127. The van der Waals surface area contributed by atoms with E-state index in [0.717, 1.165) is 24.2 Å². The maximum absolute atomic E-state index is 12.2. The van der Waals surface area contributed by atoms with Crippen LogP contribution in [0.25, 0.3) is 0 Å². The van der Waals surface area contributed by atoms with Crippen molar-refractivity contribution in [3.63, 3.8) is 0 Å². The second-order valence-corrected chi connectivity index (χ2v) is 10.2. The van der Waals surface area contributed by atoms with Crippen molar-refractivity contribution in [2.75, 3.05) is 28.2 Å². The van der Waals surface area contributed by atoms with Crippen molar-refractivity contribution in [1.82, 2.24) is 10.2 Å². The number of carbonyl (C=O) groups is 1. The van der Waals surface area contributed by atoms with E-state index in [0.29, 0.717) is 10.8 Å². The third-order valence-electron chi connectivity index (χ3n) is 2.72. The number of benzene rings is 1. The van der Waals surface area contributed by atoms with Crippen molar-refractivity contribution >= 4 is 72.4 Å². The van der Waals surface area contributed by atoms with Gasteiger partial charge in [0.2, 0.25) is 21.1 Å². The fourth-order valence-corrected chi connectivity index (χ4v) is 4.62. The largest absolute Gasteiger partial charge is 0.299 e. The molecule has 0 atom stereocenters. The van der Waals surface area contributed by atoms with Crippen molar-refractivity contribution in [3.05, 3.63) is 27.8 Å². The summed E-state index contributed by atoms with van der Waals surface area (Å²) in [4.78, 5) is 12.2. The van der Waals surface area contributed by atoms with Crippen LogP contribution in [-0.2, 0) is 14.8 Å². The summed E-state index contributed by atoms with van der Waals surface area (Å²) in [6.07, 6.45) is 1.07. The first-order chi connectivity index (χ1) is 11.3. The monoisotopic (exact) mass is 498 g/mol. The van der Waals surface area contributed by atoms with E-state index >= 15 is 0 Å². The molecule has 0 bridgehead atoms. The summed E-state index contributed by atoms with van der Waals surface area (Å²) in [7, 11) is -3.59. The molecule has 1 N–H and O–H groups in total. The molecule has 1 aromatic carbocycles. The van der Waals surface area contributed by atoms with Gasteiger partial charge in [-0.25, -0.2) is 8.42 Å². The van der Waals surface area contributed by atoms with Crippen molar-refractivity contribution < 1.29 is 13.2 Å². The Labute approximate surface area is 162 Å². The topological polar surface area (TPSA) is 92.3 Å². The van der Waals surface area contributed by atoms with E-state index < -0.39 is 15.9 Å². The van der Waals surface area contributed by atoms with E-state index in [2.05, 4.69) is 38.1 Å². The predicted molar refractivity (Wildman–Crippen MR) is 106 cm³/mol. The molecule has 0 aliphatic heterocycles. The number of thioether (sulfide) groups is 1. The molecule has 0 radical (unpaired) electrons. The summed E-state index contributed by atoms with van der Waals surface area (Å²) >= 11 is 4.91. The van der Waals surface area contributed by atoms with E-state index in [-0.39, 0.29) is 6.54 Å². The lowest BCUT2D eigenvalue weighted by atomic mass is 10.3. The molecule has 0 spiro atoms. The number of anilines is 2. The molecule has 130 valence electrons. The van der Waals surface area contributed by atoms with Crippen molar-refractivity contribution in [2.24, 2.45) is 0 Å². The highest BCUT2D eigenvalue weighted by Gasteiger charge is 2.21. The van der Waals surface area contributed by atoms with Crippen LogP contribution in [0.1, 0.15) is 6.92 Å². The van der Waals surface area contributed by atoms with Gasteiger partial charge < -0.3 is 0 Å². The molecule has 0 saturated carbocycles. The van der Waals surface area contributed by atoms with Crippen LogP contribution < -0.4 is 9.62 Å². The summed E-state index contributed by atoms with van der Waals surface area (Å²) in [6, 6.07) is 6.89. The number of hydrogen-bond acceptors (Lipinski definition) is 7. The summed E-state index contributed by atoms with van der Waals surface area (Å²) in [5, 5.41) is 10.8. The molecule has 11 heteroatoms. The quantitative estimate of drug-likeness (QED) is 0.359. The molecule has 1 amide bonds. The standard InChI is InChI=1S/C13H15IN4O3S3/c1-3-22-13-17-16-12(23-13)15-11(19)8-18(24(2,20)21)10-6-4-9(14)5-7-10/h4-7H,3,8H2,1-2H3,(H,15,16,19). The first-order valence-electron chi connectivity index (χ1n) is 6.79. The third-order valence-corrected chi connectivity index (χ3v) is 6.44. The second kappa shape index (κ2) is 8.45. The molecule has 1 aromatic heterocycles. The molecule has 0 aliphatic rings. The van der Waals surface area contributed by atoms with Crippen molar-refractivity contribution in [3.8, 4) is 0 Å². The molecular formula is C13H15IN4O3S3. The minimum Gasteiger partial charge on any atom is -0.299 e. The van der Waals surface area contributed by atoms with E-state index in [1.807, 2.05) is 6.92 Å². The Morgan fingerprint density at radius 2 is 2.00 bits per heavy atom. The molecule has 7 nitrogen and oxygen atoms in total. The number of rotatable bonds is 7. The average Bonchev–Trinajstić information content (AvgIpc) is 2.92. The SMILES string of the molecule is CCSc1nnc(NC(=O)CN(c2ccc(I)cc2)S(C)(=O)=O)s1. The molecule has 0 saturated heterocycles. The van der Waals surface area contributed by atoms with Crippen LogP contribution in [0.4, 0.5) is 10.8 Å². The van der Waals surface area contributed by atoms with E-state index in [1.54, 1.807) is 24.3 Å². The van der Waals surface area contributed by atoms with E-state index in [9.17, 15) is 13.2 Å². The number of carbonyl (C=O) groups excluding carboxylic acids is 1. The van der Waals surface area contributed by atoms with Gasteiger partial charge in [-0.1, -0.05) is 30.0 Å². The molecule has 0 aliphatic carbocycles. The summed E-state index contributed by atoms with van der Waals surface area (Å²) in [5.41, 5.74) is 0.438. The van der Waals surface area contributed by atoms with Crippen molar-refractivity contribution in [2.45, 2.75) is 11.3 Å². The predicted octanol–water partition coefficient (Wildman–Crippen LogP) is 2.66. The van der Waals surface area contributed by atoms with Crippen LogP contribution in [0, 0.1) is 3.57 Å². The van der Waals surface area contributed by atoms with Gasteiger partial charge in [0.15, 0.2) is 4.34 Å². The minimum atomic E-state index is -3.59. The van der Waals surface area contributed by atoms with Gasteiger partial charge in [-0.15, -0.1) is 10.2 Å². The maximum atomic E-state index is 12.2. The lowest BCUT2D eigenvalue weighted by Crippen LogP contribution is -2.37. The van der Waals surface area contributed by atoms with Gasteiger partial charge in [0.25, 0.3) is 0 Å². The first kappa shape index (κ1) is 19.4. The molecule has 0 fully saturated rings. The minimum absolute atomic E-state index is 0.324. The summed E-state index contributed by atoms with van der Waals surface area (Å²) < 4.78 is 26.8. The van der Waals surface area contributed by atoms with Gasteiger partial charge in [-0.2, -0.15) is 0 Å². The third kappa shape index (κ3) is 5.57. The Balaban J connectivity index is 2.11. The van der Waals surface area contributed by atoms with Crippen LogP contribution in [0.2, 0.25) is 0 Å². The summed E-state index contributed by atoms with van der Waals surface area (Å²) in [5.74, 6) is 0.389. The van der Waals surface area contributed by atoms with Gasteiger partial charge in [-0.3, -0.25) is 14.4 Å². The molecule has 24 heavy (non-hydrogen) atoms. The zero-order chi connectivity index (χ0) is 17.7. The summed E-state index contributed by atoms with van der Waals surface area (Å²) in [6.45, 7) is 1.67. The fraction of sp³-hybridized carbons (Fsp3) is 0.308. The Morgan fingerprint density at radius 3 is 2.58 bits per heavy atom. The van der Waals surface area contributed by atoms with Gasteiger partial charge in [0.1, 0.15) is 6.54 Å². The number of nitrogens with zero attached hydrogens (tertiary/aromatic N) is 3. The Hall–Kier alpha value is -0.920. The molecule has 2 rings (SSSR count). The number of sulfonamides is 1. The lowest BCUT2D eigenvalue weighted by Gasteiger charge is -2.21. The van der Waals surface area contributed by atoms with E-state index in [4.69, 9.17) is 0 Å². The number of aromatic nitrogens is 2. The van der Waals surface area contributed by atoms with Crippen LogP contribution in [0.3, 0.4) is 0 Å². The second-order valence-electron chi connectivity index (χ2n) is 4.60. The number of hydrogen-bond donors (Lipinski definition) is 1. The first-order valence-corrected chi connectivity index (χ1v) is 11.5. The zero-order valence-electron chi connectivity index (χ0n) is 12.9. The Kier molecular flexibility index (Phi) is 6.83. The highest BCUT2D eigenvalue weighted by Crippen LogP contribution is 2.25. The molecule has 0 unspecified atom stereocenters. The lowest BCUT2D eigenvalue weighted by molar-refractivity contribution is -0.114. The average molecular weight is 498 g/mol. The zero-order valence-corrected chi connectivity index (χ0v) is 17.5. The number of nitrogens with one attached hydrogen (secondary N) is 1. The van der Waals surface area contributed by atoms with Gasteiger partial charge in [0, 0.05) is 3.57 Å². The number of halogens is 1. The molecule has 2 aromatic rings. The normalized spacial score (nSPS) is 11.3. The fourth-order valence-electron chi connectivity index (χ4n) is 1.74. The Morgan fingerprint density at radius 1 is 1.33 bits per heavy atom. The highest BCUT2D eigenvalue weighted by molar-refractivity contribution is 14.1. The van der Waals surface area contributed by atoms with Crippen molar-refractivity contribution in [1.29, 1.82) is 0 Å². The van der Waals surface area contributed by atoms with Crippen LogP contribution in [0.5, 0.6) is 0 Å². The van der Waals surface area contributed by atoms with Gasteiger partial charge in [-0.05, 0) is 52.6 Å². The smallest absolute Gasteiger partial charge is 0.246 e. The van der Waals surface area contributed by atoms with Gasteiger partial charge in [0.05, 0.1) is 11.9 Å². The molecule has 1 heterocycles. The Bertz CT molecular complexity index is 808. The number of amides is 1. The molecular weight excluding hydrogens is 483 g/mol.